The number of likely N-dealkylation sites (tertiary alicyclic amines) is 1. The van der Waals surface area contributed by atoms with Gasteiger partial charge in [0.05, 0.1) is 11.6 Å². The lowest BCUT2D eigenvalue weighted by Crippen LogP contribution is -2.38. The fourth-order valence-corrected chi connectivity index (χ4v) is 3.31. The third-order valence-electron chi connectivity index (χ3n) is 4.69. The molecule has 2 amide bonds. The van der Waals surface area contributed by atoms with Gasteiger partial charge in [-0.2, -0.15) is 0 Å². The number of hydrogen-bond acceptors (Lipinski definition) is 3. The summed E-state index contributed by atoms with van der Waals surface area (Å²) in [5.74, 6) is -0.0239. The van der Waals surface area contributed by atoms with E-state index in [0.717, 1.165) is 12.1 Å². The first-order valence-electron chi connectivity index (χ1n) is 8.93. The largest absolute Gasteiger partial charge is 0.377 e. The summed E-state index contributed by atoms with van der Waals surface area (Å²) >= 11 is 0. The Kier molecular flexibility index (Phi) is 5.56. The molecule has 0 saturated carbocycles. The number of hydrogen-bond donors (Lipinski definition) is 1. The predicted molar refractivity (Wildman–Crippen MR) is 103 cm³/mol. The fraction of sp³-hybridized carbons (Fsp3) is 0.333. The molecule has 0 spiro atoms. The van der Waals surface area contributed by atoms with Crippen LogP contribution in [0.25, 0.3) is 0 Å². The summed E-state index contributed by atoms with van der Waals surface area (Å²) in [5, 5.41) is 3.02. The van der Waals surface area contributed by atoms with Crippen LogP contribution in [0.15, 0.2) is 54.6 Å². The van der Waals surface area contributed by atoms with Crippen molar-refractivity contribution in [3.8, 4) is 0 Å². The average molecular weight is 351 g/mol. The van der Waals surface area contributed by atoms with Crippen LogP contribution < -0.4 is 10.2 Å². The zero-order valence-electron chi connectivity index (χ0n) is 15.3. The summed E-state index contributed by atoms with van der Waals surface area (Å²) < 4.78 is 0. The third kappa shape index (κ3) is 4.23. The molecule has 26 heavy (non-hydrogen) atoms. The van der Waals surface area contributed by atoms with Crippen LogP contribution >= 0.6 is 0 Å². The molecule has 0 radical (unpaired) electrons. The zero-order chi connectivity index (χ0) is 18.5. The summed E-state index contributed by atoms with van der Waals surface area (Å²) in [4.78, 5) is 28.7. The lowest BCUT2D eigenvalue weighted by Gasteiger charge is -2.19. The molecule has 2 aromatic rings. The maximum atomic E-state index is 12.7. The van der Waals surface area contributed by atoms with E-state index in [4.69, 9.17) is 0 Å². The molecule has 0 aliphatic carbocycles. The molecule has 1 aliphatic rings. The topological polar surface area (TPSA) is 52.7 Å². The van der Waals surface area contributed by atoms with Crippen molar-refractivity contribution in [1.82, 2.24) is 10.2 Å². The number of nitrogens with zero attached hydrogens (tertiary/aromatic N) is 2. The van der Waals surface area contributed by atoms with E-state index in [-0.39, 0.29) is 17.9 Å². The van der Waals surface area contributed by atoms with Crippen LogP contribution in [0.4, 0.5) is 5.69 Å². The van der Waals surface area contributed by atoms with Gasteiger partial charge < -0.3 is 15.1 Å². The summed E-state index contributed by atoms with van der Waals surface area (Å²) in [6, 6.07) is 17.5. The molecule has 0 bridgehead atoms. The summed E-state index contributed by atoms with van der Waals surface area (Å²) in [5.41, 5.74) is 2.72. The molecule has 1 N–H and O–H groups in total. The minimum Gasteiger partial charge on any atom is -0.377 e. The van der Waals surface area contributed by atoms with E-state index in [2.05, 4.69) is 17.4 Å². The molecule has 0 aromatic heterocycles. The molecule has 3 rings (SSSR count). The van der Waals surface area contributed by atoms with Crippen molar-refractivity contribution in [3.63, 3.8) is 0 Å². The van der Waals surface area contributed by atoms with E-state index < -0.39 is 0 Å². The van der Waals surface area contributed by atoms with Gasteiger partial charge in [-0.15, -0.1) is 0 Å². The van der Waals surface area contributed by atoms with Gasteiger partial charge in [-0.3, -0.25) is 9.59 Å². The summed E-state index contributed by atoms with van der Waals surface area (Å²) in [7, 11) is 3.83. The number of nitrogens with one attached hydrogen (secondary N) is 1. The fourth-order valence-electron chi connectivity index (χ4n) is 3.31. The normalized spacial score (nSPS) is 16.6. The second kappa shape index (κ2) is 8.04. The Morgan fingerprint density at radius 2 is 1.81 bits per heavy atom. The summed E-state index contributed by atoms with van der Waals surface area (Å²) in [6.45, 7) is 1.25. The quantitative estimate of drug-likeness (QED) is 0.869. The Hall–Kier alpha value is -2.82. The molecular weight excluding hydrogens is 326 g/mol. The monoisotopic (exact) mass is 351 g/mol. The Morgan fingerprint density at radius 1 is 1.12 bits per heavy atom. The summed E-state index contributed by atoms with van der Waals surface area (Å²) in [6.07, 6.45) is 1.20. The lowest BCUT2D eigenvalue weighted by atomic mass is 10.1. The Balaban J connectivity index is 1.58. The van der Waals surface area contributed by atoms with Crippen molar-refractivity contribution in [2.45, 2.75) is 18.9 Å². The van der Waals surface area contributed by atoms with Crippen LogP contribution in [0.3, 0.4) is 0 Å². The van der Waals surface area contributed by atoms with Crippen LogP contribution in [0.1, 0.15) is 22.3 Å². The highest BCUT2D eigenvalue weighted by molar-refractivity contribution is 6.00. The molecule has 136 valence electrons. The lowest BCUT2D eigenvalue weighted by molar-refractivity contribution is -0.127. The van der Waals surface area contributed by atoms with Gasteiger partial charge >= 0.3 is 0 Å². The highest BCUT2D eigenvalue weighted by Gasteiger charge is 2.30. The van der Waals surface area contributed by atoms with E-state index in [1.54, 1.807) is 0 Å². The van der Waals surface area contributed by atoms with Gasteiger partial charge in [0.25, 0.3) is 5.91 Å². The molecule has 5 heteroatoms. The minimum atomic E-state index is -0.138. The molecule has 1 heterocycles. The molecule has 1 saturated heterocycles. The van der Waals surface area contributed by atoms with Gasteiger partial charge in [-0.1, -0.05) is 42.5 Å². The molecule has 0 unspecified atom stereocenters. The zero-order valence-corrected chi connectivity index (χ0v) is 15.3. The minimum absolute atomic E-state index is 0.104. The molecule has 1 fully saturated rings. The van der Waals surface area contributed by atoms with Gasteiger partial charge in [-0.05, 0) is 24.1 Å². The van der Waals surface area contributed by atoms with Crippen molar-refractivity contribution in [1.29, 1.82) is 0 Å². The standard InChI is InChI=1S/C21H25N3O2/c1-23(2)19-11-7-6-10-18(19)21(26)22-17-14-20(25)24(15-17)13-12-16-8-4-3-5-9-16/h3-11,17H,12-15H2,1-2H3,(H,22,26)/t17-/m1/s1. The molecule has 2 aromatic carbocycles. The number of carbonyl (C=O) groups excluding carboxylic acids is 2. The molecule has 1 atom stereocenters. The Morgan fingerprint density at radius 3 is 2.54 bits per heavy atom. The van der Waals surface area contributed by atoms with E-state index in [9.17, 15) is 9.59 Å². The number of carbonyl (C=O) groups is 2. The Bertz CT molecular complexity index is 774. The van der Waals surface area contributed by atoms with Gasteiger partial charge in [0.1, 0.15) is 0 Å². The number of anilines is 1. The first kappa shape index (κ1) is 18.0. The van der Waals surface area contributed by atoms with E-state index in [1.165, 1.54) is 5.56 Å². The average Bonchev–Trinajstić information content (AvgIpc) is 3.00. The van der Waals surface area contributed by atoms with Crippen LogP contribution in [0.5, 0.6) is 0 Å². The second-order valence-corrected chi connectivity index (χ2v) is 6.86. The second-order valence-electron chi connectivity index (χ2n) is 6.86. The maximum Gasteiger partial charge on any atom is 0.253 e. The third-order valence-corrected chi connectivity index (χ3v) is 4.69. The van der Waals surface area contributed by atoms with Gasteiger partial charge in [0.2, 0.25) is 5.91 Å². The van der Waals surface area contributed by atoms with E-state index in [1.807, 2.05) is 66.4 Å². The smallest absolute Gasteiger partial charge is 0.253 e. The van der Waals surface area contributed by atoms with Crippen molar-refractivity contribution < 1.29 is 9.59 Å². The van der Waals surface area contributed by atoms with Gasteiger partial charge in [0.15, 0.2) is 0 Å². The number of rotatable bonds is 6. The highest BCUT2D eigenvalue weighted by atomic mass is 16.2. The number of benzene rings is 2. The molecule has 1 aliphatic heterocycles. The van der Waals surface area contributed by atoms with Crippen molar-refractivity contribution in [2.75, 3.05) is 32.1 Å². The van der Waals surface area contributed by atoms with Crippen LogP contribution in [0, 0.1) is 0 Å². The van der Waals surface area contributed by atoms with Crippen molar-refractivity contribution >= 4 is 17.5 Å². The number of para-hydroxylation sites is 1. The van der Waals surface area contributed by atoms with Gasteiger partial charge in [-0.25, -0.2) is 0 Å². The van der Waals surface area contributed by atoms with Gasteiger partial charge in [0, 0.05) is 39.3 Å². The van der Waals surface area contributed by atoms with Crippen LogP contribution in [-0.2, 0) is 11.2 Å². The predicted octanol–water partition coefficient (Wildman–Crippen LogP) is 2.33. The molecular formula is C21H25N3O2. The number of amides is 2. The SMILES string of the molecule is CN(C)c1ccccc1C(=O)N[C@@H]1CC(=O)N(CCc2ccccc2)C1. The van der Waals surface area contributed by atoms with E-state index >= 15 is 0 Å². The van der Waals surface area contributed by atoms with Crippen molar-refractivity contribution in [2.24, 2.45) is 0 Å². The first-order chi connectivity index (χ1) is 12.5. The van der Waals surface area contributed by atoms with E-state index in [0.29, 0.717) is 25.1 Å². The highest BCUT2D eigenvalue weighted by Crippen LogP contribution is 2.19. The first-order valence-corrected chi connectivity index (χ1v) is 8.93. The van der Waals surface area contributed by atoms with Crippen molar-refractivity contribution in [3.05, 3.63) is 65.7 Å². The van der Waals surface area contributed by atoms with Crippen LogP contribution in [-0.4, -0.2) is 49.9 Å². The molecule has 5 nitrogen and oxygen atoms in total. The van der Waals surface area contributed by atoms with Crippen LogP contribution in [0.2, 0.25) is 0 Å². The maximum absolute atomic E-state index is 12.7. The Labute approximate surface area is 154 Å².